The van der Waals surface area contributed by atoms with Crippen LogP contribution in [0, 0.1) is 23.7 Å². The smallest absolute Gasteiger partial charge is 0.237 e. The number of carbonyl (C=O) groups excluding carboxylic acids is 3. The van der Waals surface area contributed by atoms with Crippen molar-refractivity contribution in [1.29, 1.82) is 0 Å². The number of fused-ring (bicyclic) bond motifs is 5. The van der Waals surface area contributed by atoms with Gasteiger partial charge in [-0.25, -0.2) is 0 Å². The van der Waals surface area contributed by atoms with E-state index in [9.17, 15) is 14.4 Å². The molecular formula is C17H23N3O3. The van der Waals surface area contributed by atoms with Crippen molar-refractivity contribution in [2.24, 2.45) is 23.7 Å². The van der Waals surface area contributed by atoms with E-state index in [4.69, 9.17) is 0 Å². The maximum atomic E-state index is 12.5. The first kappa shape index (κ1) is 14.9. The average Bonchev–Trinajstić information content (AvgIpc) is 3.25. The molecule has 3 amide bonds. The number of nitrogens with one attached hydrogen (secondary N) is 2. The van der Waals surface area contributed by atoms with Crippen LogP contribution in [0.4, 0.5) is 0 Å². The van der Waals surface area contributed by atoms with Gasteiger partial charge in [-0.3, -0.25) is 19.3 Å². The predicted octanol–water partition coefficient (Wildman–Crippen LogP) is 0.0518. The number of imide groups is 1. The van der Waals surface area contributed by atoms with E-state index >= 15 is 0 Å². The molecular weight excluding hydrogens is 294 g/mol. The molecule has 0 spiro atoms. The van der Waals surface area contributed by atoms with Gasteiger partial charge in [0.1, 0.15) is 0 Å². The minimum atomic E-state index is -0.145. The molecule has 4 aliphatic rings. The number of nitrogens with zero attached hydrogens (tertiary/aromatic N) is 1. The Morgan fingerprint density at radius 3 is 2.48 bits per heavy atom. The third-order valence-corrected chi connectivity index (χ3v) is 5.82. The lowest BCUT2D eigenvalue weighted by atomic mass is 9.85. The van der Waals surface area contributed by atoms with Crippen molar-refractivity contribution in [3.05, 3.63) is 12.2 Å². The average molecular weight is 317 g/mol. The molecule has 4 rings (SSSR count). The Bertz CT molecular complexity index is 537. The summed E-state index contributed by atoms with van der Waals surface area (Å²) in [6.45, 7) is 1.51. The van der Waals surface area contributed by atoms with Gasteiger partial charge >= 0.3 is 0 Å². The summed E-state index contributed by atoms with van der Waals surface area (Å²) < 4.78 is 0. The van der Waals surface area contributed by atoms with Gasteiger partial charge in [-0.05, 0) is 37.6 Å². The summed E-state index contributed by atoms with van der Waals surface area (Å²) in [6, 6.07) is -0.131. The van der Waals surface area contributed by atoms with E-state index < -0.39 is 0 Å². The normalized spacial score (nSPS) is 38.3. The Morgan fingerprint density at radius 2 is 1.87 bits per heavy atom. The fourth-order valence-electron chi connectivity index (χ4n) is 4.67. The van der Waals surface area contributed by atoms with Crippen LogP contribution in [-0.2, 0) is 14.4 Å². The molecule has 2 bridgehead atoms. The van der Waals surface area contributed by atoms with Gasteiger partial charge in [0.2, 0.25) is 17.7 Å². The number of carbonyl (C=O) groups is 3. The van der Waals surface area contributed by atoms with Gasteiger partial charge in [0, 0.05) is 13.1 Å². The summed E-state index contributed by atoms with van der Waals surface area (Å²) in [5, 5.41) is 6.06. The second-order valence-corrected chi connectivity index (χ2v) is 7.12. The van der Waals surface area contributed by atoms with Crippen molar-refractivity contribution >= 4 is 17.7 Å². The van der Waals surface area contributed by atoms with Crippen molar-refractivity contribution < 1.29 is 14.4 Å². The zero-order valence-corrected chi connectivity index (χ0v) is 13.2. The van der Waals surface area contributed by atoms with E-state index in [-0.39, 0.29) is 47.4 Å². The van der Waals surface area contributed by atoms with E-state index in [1.807, 2.05) is 0 Å². The number of rotatable bonds is 4. The van der Waals surface area contributed by atoms with Crippen molar-refractivity contribution in [1.82, 2.24) is 15.5 Å². The minimum Gasteiger partial charge on any atom is -0.353 e. The third-order valence-electron chi connectivity index (χ3n) is 5.82. The lowest BCUT2D eigenvalue weighted by Gasteiger charge is -2.23. The first-order chi connectivity index (χ1) is 11.2. The van der Waals surface area contributed by atoms with Crippen LogP contribution in [0.5, 0.6) is 0 Å². The Balaban J connectivity index is 1.31. The predicted molar refractivity (Wildman–Crippen MR) is 83.1 cm³/mol. The van der Waals surface area contributed by atoms with Crippen molar-refractivity contribution in [2.75, 3.05) is 19.6 Å². The third kappa shape index (κ3) is 2.40. The van der Waals surface area contributed by atoms with Gasteiger partial charge in [0.15, 0.2) is 0 Å². The van der Waals surface area contributed by atoms with E-state index in [0.717, 1.165) is 32.2 Å². The largest absolute Gasteiger partial charge is 0.353 e. The van der Waals surface area contributed by atoms with Crippen molar-refractivity contribution in [2.45, 2.75) is 31.7 Å². The number of amides is 3. The maximum Gasteiger partial charge on any atom is 0.237 e. The van der Waals surface area contributed by atoms with E-state index in [2.05, 4.69) is 22.8 Å². The molecule has 124 valence electrons. The van der Waals surface area contributed by atoms with Crippen LogP contribution in [0.3, 0.4) is 0 Å². The van der Waals surface area contributed by atoms with Crippen LogP contribution in [0.15, 0.2) is 12.2 Å². The monoisotopic (exact) mass is 317 g/mol. The molecule has 5 unspecified atom stereocenters. The number of hydrogen-bond acceptors (Lipinski definition) is 4. The molecule has 5 atom stereocenters. The standard InChI is InChI=1S/C17H23N3O3/c21-15(12-3-1-2-6-18-12)19-7-8-20-16(22)13-10-4-5-11(9-10)14(13)17(20)23/h4-5,10-14,18H,1-3,6-9H2,(H,19,21). The second kappa shape index (κ2) is 5.74. The highest BCUT2D eigenvalue weighted by atomic mass is 16.2. The summed E-state index contributed by atoms with van der Waals surface area (Å²) in [5.41, 5.74) is 0. The van der Waals surface area contributed by atoms with Crippen LogP contribution in [0.1, 0.15) is 25.7 Å². The first-order valence-electron chi connectivity index (χ1n) is 8.71. The highest BCUT2D eigenvalue weighted by Gasteiger charge is 2.58. The molecule has 6 nitrogen and oxygen atoms in total. The molecule has 2 N–H and O–H groups in total. The van der Waals surface area contributed by atoms with Gasteiger partial charge in [0.05, 0.1) is 17.9 Å². The van der Waals surface area contributed by atoms with Crippen molar-refractivity contribution in [3.8, 4) is 0 Å². The molecule has 0 radical (unpaired) electrons. The molecule has 2 aliphatic heterocycles. The Hall–Kier alpha value is -1.69. The Kier molecular flexibility index (Phi) is 3.71. The fourth-order valence-corrected chi connectivity index (χ4v) is 4.67. The lowest BCUT2D eigenvalue weighted by Crippen LogP contribution is -2.48. The highest BCUT2D eigenvalue weighted by Crippen LogP contribution is 2.52. The number of likely N-dealkylation sites (tertiary alicyclic amines) is 1. The Morgan fingerprint density at radius 1 is 1.17 bits per heavy atom. The highest BCUT2D eigenvalue weighted by molar-refractivity contribution is 6.06. The van der Waals surface area contributed by atoms with Gasteiger partial charge < -0.3 is 10.6 Å². The molecule has 2 aliphatic carbocycles. The number of piperidine rings is 1. The minimum absolute atomic E-state index is 0.0225. The molecule has 0 aromatic rings. The second-order valence-electron chi connectivity index (χ2n) is 7.12. The summed E-state index contributed by atoms with van der Waals surface area (Å²) >= 11 is 0. The summed E-state index contributed by atoms with van der Waals surface area (Å²) in [4.78, 5) is 38.5. The van der Waals surface area contributed by atoms with Gasteiger partial charge in [0.25, 0.3) is 0 Å². The Labute approximate surface area is 135 Å². The van der Waals surface area contributed by atoms with Crippen LogP contribution < -0.4 is 10.6 Å². The molecule has 3 fully saturated rings. The fraction of sp³-hybridized carbons (Fsp3) is 0.706. The quantitative estimate of drug-likeness (QED) is 0.567. The molecule has 2 saturated heterocycles. The topological polar surface area (TPSA) is 78.5 Å². The zero-order valence-electron chi connectivity index (χ0n) is 13.2. The number of hydrogen-bond donors (Lipinski definition) is 2. The van der Waals surface area contributed by atoms with Crippen LogP contribution in [-0.4, -0.2) is 48.3 Å². The summed E-state index contributed by atoms with van der Waals surface area (Å²) in [5.74, 6) is 0.0934. The number of allylic oxidation sites excluding steroid dienone is 2. The SMILES string of the molecule is O=C(NCCN1C(=O)C2C3C=CC(C3)C2C1=O)C1CCCCN1. The molecule has 0 aromatic carbocycles. The van der Waals surface area contributed by atoms with Gasteiger partial charge in [-0.2, -0.15) is 0 Å². The van der Waals surface area contributed by atoms with Crippen LogP contribution >= 0.6 is 0 Å². The van der Waals surface area contributed by atoms with Gasteiger partial charge in [-0.15, -0.1) is 0 Å². The lowest BCUT2D eigenvalue weighted by molar-refractivity contribution is -0.141. The van der Waals surface area contributed by atoms with E-state index in [0.29, 0.717) is 13.1 Å². The maximum absolute atomic E-state index is 12.5. The van der Waals surface area contributed by atoms with Crippen LogP contribution in [0.2, 0.25) is 0 Å². The summed E-state index contributed by atoms with van der Waals surface area (Å²) in [7, 11) is 0. The van der Waals surface area contributed by atoms with Crippen LogP contribution in [0.25, 0.3) is 0 Å². The molecule has 6 heteroatoms. The zero-order chi connectivity index (χ0) is 16.0. The molecule has 0 aromatic heterocycles. The van der Waals surface area contributed by atoms with E-state index in [1.54, 1.807) is 0 Å². The molecule has 1 saturated carbocycles. The van der Waals surface area contributed by atoms with Crippen molar-refractivity contribution in [3.63, 3.8) is 0 Å². The molecule has 23 heavy (non-hydrogen) atoms. The molecule has 2 heterocycles. The first-order valence-corrected chi connectivity index (χ1v) is 8.71. The van der Waals surface area contributed by atoms with Gasteiger partial charge in [-0.1, -0.05) is 18.6 Å². The van der Waals surface area contributed by atoms with E-state index in [1.165, 1.54) is 4.90 Å². The summed E-state index contributed by atoms with van der Waals surface area (Å²) in [6.07, 6.45) is 8.17.